The van der Waals surface area contributed by atoms with E-state index in [0.29, 0.717) is 25.9 Å². The molecule has 0 atom stereocenters. The van der Waals surface area contributed by atoms with Gasteiger partial charge in [0.25, 0.3) is 0 Å². The van der Waals surface area contributed by atoms with E-state index in [1.165, 1.54) is 18.5 Å². The van der Waals surface area contributed by atoms with Crippen molar-refractivity contribution in [3.63, 3.8) is 0 Å². The van der Waals surface area contributed by atoms with Crippen molar-refractivity contribution in [2.24, 2.45) is 5.41 Å². The fourth-order valence-electron chi connectivity index (χ4n) is 5.07. The Balaban J connectivity index is 1.42. The lowest BCUT2D eigenvalue weighted by Gasteiger charge is -2.38. The zero-order valence-electron chi connectivity index (χ0n) is 18.9. The van der Waals surface area contributed by atoms with Crippen LogP contribution in [0.1, 0.15) is 58.4 Å². The van der Waals surface area contributed by atoms with Gasteiger partial charge in [-0.05, 0) is 83.6 Å². The Hall–Kier alpha value is -2.24. The highest BCUT2D eigenvalue weighted by atomic mass is 16.6. The first kappa shape index (κ1) is 21.0. The normalized spacial score (nSPS) is 21.6. The lowest BCUT2D eigenvalue weighted by atomic mass is 9.77. The minimum absolute atomic E-state index is 0.225. The SMILES string of the molecule is Cc1cc(N2CCCC2)ccc1N1CCC2(CCN(C(=O)OC(C)(C)C)CC2)C1=O. The summed E-state index contributed by atoms with van der Waals surface area (Å²) < 4.78 is 5.50. The molecule has 0 unspecified atom stereocenters. The average molecular weight is 414 g/mol. The minimum atomic E-state index is -0.495. The lowest BCUT2D eigenvalue weighted by Crippen LogP contribution is -2.48. The number of aryl methyl sites for hydroxylation is 1. The van der Waals surface area contributed by atoms with Crippen LogP contribution in [-0.4, -0.2) is 55.2 Å². The number of rotatable bonds is 2. The van der Waals surface area contributed by atoms with Crippen LogP contribution in [0.25, 0.3) is 0 Å². The highest BCUT2D eigenvalue weighted by Gasteiger charge is 2.49. The second kappa shape index (κ2) is 7.78. The topological polar surface area (TPSA) is 53.1 Å². The Morgan fingerprint density at radius 1 is 1.00 bits per heavy atom. The van der Waals surface area contributed by atoms with Crippen LogP contribution in [0.15, 0.2) is 18.2 Å². The van der Waals surface area contributed by atoms with Crippen LogP contribution in [0.4, 0.5) is 16.2 Å². The van der Waals surface area contributed by atoms with Gasteiger partial charge in [0, 0.05) is 44.1 Å². The molecule has 3 fully saturated rings. The average Bonchev–Trinajstić information content (AvgIpc) is 3.31. The van der Waals surface area contributed by atoms with E-state index in [-0.39, 0.29) is 17.4 Å². The van der Waals surface area contributed by atoms with E-state index in [1.54, 1.807) is 4.90 Å². The van der Waals surface area contributed by atoms with Gasteiger partial charge in [-0.3, -0.25) is 4.79 Å². The molecule has 0 aromatic heterocycles. The van der Waals surface area contributed by atoms with E-state index >= 15 is 0 Å². The molecule has 1 aromatic rings. The number of carbonyl (C=O) groups is 2. The molecule has 0 N–H and O–H groups in total. The molecular weight excluding hydrogens is 378 g/mol. The van der Waals surface area contributed by atoms with Gasteiger partial charge in [-0.25, -0.2) is 4.79 Å². The molecule has 0 radical (unpaired) electrons. The number of hydrogen-bond donors (Lipinski definition) is 0. The highest BCUT2D eigenvalue weighted by Crippen LogP contribution is 2.44. The fourth-order valence-corrected chi connectivity index (χ4v) is 5.07. The van der Waals surface area contributed by atoms with Crippen molar-refractivity contribution in [3.05, 3.63) is 23.8 Å². The largest absolute Gasteiger partial charge is 0.444 e. The first-order chi connectivity index (χ1) is 14.2. The molecule has 3 aliphatic heterocycles. The van der Waals surface area contributed by atoms with Gasteiger partial charge in [0.05, 0.1) is 5.41 Å². The van der Waals surface area contributed by atoms with Crippen LogP contribution in [0.3, 0.4) is 0 Å². The molecule has 1 spiro atoms. The second-order valence-corrected chi connectivity index (χ2v) is 10.1. The van der Waals surface area contributed by atoms with Crippen molar-refractivity contribution in [1.82, 2.24) is 4.90 Å². The van der Waals surface area contributed by atoms with Crippen molar-refractivity contribution in [1.29, 1.82) is 0 Å². The van der Waals surface area contributed by atoms with Crippen LogP contribution in [0.5, 0.6) is 0 Å². The number of carbonyl (C=O) groups excluding carboxylic acids is 2. The van der Waals surface area contributed by atoms with Crippen LogP contribution in [0.2, 0.25) is 0 Å². The fraction of sp³-hybridized carbons (Fsp3) is 0.667. The number of piperidine rings is 1. The van der Waals surface area contributed by atoms with Crippen molar-refractivity contribution in [2.45, 2.75) is 65.4 Å². The lowest BCUT2D eigenvalue weighted by molar-refractivity contribution is -0.128. The summed E-state index contributed by atoms with van der Waals surface area (Å²) in [7, 11) is 0. The number of anilines is 2. The minimum Gasteiger partial charge on any atom is -0.444 e. The Morgan fingerprint density at radius 2 is 1.63 bits per heavy atom. The monoisotopic (exact) mass is 413 g/mol. The van der Waals surface area contributed by atoms with E-state index < -0.39 is 5.60 Å². The number of ether oxygens (including phenoxy) is 1. The van der Waals surface area contributed by atoms with Gasteiger partial charge < -0.3 is 19.4 Å². The molecule has 2 amide bonds. The third-order valence-corrected chi connectivity index (χ3v) is 6.83. The van der Waals surface area contributed by atoms with Crippen molar-refractivity contribution < 1.29 is 14.3 Å². The summed E-state index contributed by atoms with van der Waals surface area (Å²) in [6.07, 6.45) is 4.54. The maximum atomic E-state index is 13.5. The number of nitrogens with zero attached hydrogens (tertiary/aromatic N) is 3. The third-order valence-electron chi connectivity index (χ3n) is 6.83. The van der Waals surface area contributed by atoms with E-state index in [1.807, 2.05) is 25.7 Å². The molecule has 4 rings (SSSR count). The number of likely N-dealkylation sites (tertiary alicyclic amines) is 1. The van der Waals surface area contributed by atoms with Gasteiger partial charge in [-0.2, -0.15) is 0 Å². The molecule has 0 bridgehead atoms. The quantitative estimate of drug-likeness (QED) is 0.723. The van der Waals surface area contributed by atoms with Gasteiger partial charge >= 0.3 is 6.09 Å². The summed E-state index contributed by atoms with van der Waals surface area (Å²) in [6, 6.07) is 6.51. The zero-order chi connectivity index (χ0) is 21.5. The first-order valence-corrected chi connectivity index (χ1v) is 11.3. The molecule has 3 heterocycles. The van der Waals surface area contributed by atoms with E-state index in [0.717, 1.165) is 37.3 Å². The summed E-state index contributed by atoms with van der Waals surface area (Å²) >= 11 is 0. The number of amides is 2. The first-order valence-electron chi connectivity index (χ1n) is 11.3. The summed E-state index contributed by atoms with van der Waals surface area (Å²) in [6.45, 7) is 11.9. The Morgan fingerprint density at radius 3 is 2.23 bits per heavy atom. The van der Waals surface area contributed by atoms with E-state index in [9.17, 15) is 9.59 Å². The number of hydrogen-bond acceptors (Lipinski definition) is 4. The highest BCUT2D eigenvalue weighted by molar-refractivity contribution is 6.00. The molecule has 3 aliphatic rings. The maximum absolute atomic E-state index is 13.5. The predicted molar refractivity (Wildman–Crippen MR) is 119 cm³/mol. The zero-order valence-corrected chi connectivity index (χ0v) is 18.9. The van der Waals surface area contributed by atoms with Crippen molar-refractivity contribution in [3.8, 4) is 0 Å². The molecule has 6 heteroatoms. The van der Waals surface area contributed by atoms with E-state index in [2.05, 4.69) is 30.0 Å². The molecule has 164 valence electrons. The maximum Gasteiger partial charge on any atom is 0.410 e. The second-order valence-electron chi connectivity index (χ2n) is 10.1. The molecule has 1 aromatic carbocycles. The third kappa shape index (κ3) is 4.01. The summed E-state index contributed by atoms with van der Waals surface area (Å²) in [5.41, 5.74) is 2.63. The van der Waals surface area contributed by atoms with Gasteiger partial charge in [0.1, 0.15) is 5.60 Å². The van der Waals surface area contributed by atoms with Gasteiger partial charge in [-0.1, -0.05) is 0 Å². The smallest absolute Gasteiger partial charge is 0.410 e. The predicted octanol–water partition coefficient (Wildman–Crippen LogP) is 4.35. The van der Waals surface area contributed by atoms with Crippen LogP contribution < -0.4 is 9.80 Å². The molecule has 0 saturated carbocycles. The standard InChI is InChI=1S/C24H35N3O3/c1-18-17-19(25-12-5-6-13-25)7-8-20(18)27-16-11-24(21(27)28)9-14-26(15-10-24)22(29)30-23(2,3)4/h7-8,17H,5-6,9-16H2,1-4H3. The van der Waals surface area contributed by atoms with Gasteiger partial charge in [-0.15, -0.1) is 0 Å². The molecule has 3 saturated heterocycles. The molecule has 6 nitrogen and oxygen atoms in total. The Kier molecular flexibility index (Phi) is 5.45. The summed E-state index contributed by atoms with van der Waals surface area (Å²) in [5, 5.41) is 0. The van der Waals surface area contributed by atoms with Crippen molar-refractivity contribution in [2.75, 3.05) is 42.5 Å². The molecule has 0 aliphatic carbocycles. The van der Waals surface area contributed by atoms with Crippen LogP contribution in [-0.2, 0) is 9.53 Å². The van der Waals surface area contributed by atoms with Gasteiger partial charge in [0.2, 0.25) is 5.91 Å². The number of benzene rings is 1. The summed E-state index contributed by atoms with van der Waals surface area (Å²) in [5.74, 6) is 0.225. The van der Waals surface area contributed by atoms with E-state index in [4.69, 9.17) is 4.74 Å². The van der Waals surface area contributed by atoms with Crippen molar-refractivity contribution >= 4 is 23.4 Å². The van der Waals surface area contributed by atoms with Crippen LogP contribution >= 0.6 is 0 Å². The Labute approximate surface area is 180 Å². The molecular formula is C24H35N3O3. The summed E-state index contributed by atoms with van der Waals surface area (Å²) in [4.78, 5) is 32.0. The van der Waals surface area contributed by atoms with Gasteiger partial charge in [0.15, 0.2) is 0 Å². The molecule has 30 heavy (non-hydrogen) atoms. The Bertz CT molecular complexity index is 815. The van der Waals surface area contributed by atoms with Crippen LogP contribution in [0, 0.1) is 12.3 Å².